The molecule has 2 N–H and O–H groups in total. The van der Waals surface area contributed by atoms with E-state index in [0.29, 0.717) is 11.5 Å². The monoisotopic (exact) mass is 527 g/mol. The first kappa shape index (κ1) is 27.4. The number of benzene rings is 3. The second-order valence-electron chi connectivity index (χ2n) is 12.3. The number of rotatable bonds is 8. The molecule has 0 radical (unpaired) electrons. The average Bonchev–Trinajstić information content (AvgIpc) is 2.92. The van der Waals surface area contributed by atoms with E-state index in [9.17, 15) is 9.90 Å². The Bertz CT molecular complexity index is 1350. The quantitative estimate of drug-likeness (QED) is 0.270. The Balaban J connectivity index is 1.48. The fourth-order valence-corrected chi connectivity index (χ4v) is 7.81. The second-order valence-corrected chi connectivity index (χ2v) is 12.3. The van der Waals surface area contributed by atoms with Gasteiger partial charge in [-0.05, 0) is 65.9 Å². The van der Waals surface area contributed by atoms with Gasteiger partial charge in [-0.25, -0.2) is 0 Å². The molecule has 0 aromatic heterocycles. The summed E-state index contributed by atoms with van der Waals surface area (Å²) in [5.41, 5.74) is 1.07. The van der Waals surface area contributed by atoms with Crippen molar-refractivity contribution in [1.82, 2.24) is 5.32 Å². The van der Waals surface area contributed by atoms with Gasteiger partial charge in [-0.3, -0.25) is 4.79 Å². The first-order valence-corrected chi connectivity index (χ1v) is 14.3. The summed E-state index contributed by atoms with van der Waals surface area (Å²) < 4.78 is 7.57. The van der Waals surface area contributed by atoms with Crippen molar-refractivity contribution in [3.63, 3.8) is 0 Å². The van der Waals surface area contributed by atoms with Crippen molar-refractivity contribution < 1.29 is 19.1 Å². The number of amides is 1. The minimum absolute atomic E-state index is 0.0131. The first-order chi connectivity index (χ1) is 18.7. The van der Waals surface area contributed by atoms with Gasteiger partial charge in [0.2, 0.25) is 0 Å². The standard InChI is InChI=1S/C34H42N2O3/c1-5-18-36(23-25(2)3)19-17-33(29-11-8-12-31(37)21-29)22-30(15-16-34(33,24-36)39-4)35-32(38)28-14-13-26-9-6-7-10-27(26)20-28/h5-14,20-21,25,30H,1,15-19,22-24H2,2-4H3,(H-,35,37,38)/p+1/t30-,33-,34?,36+/m1/s1. The number of fused-ring (bicyclic) bond motifs is 2. The molecule has 3 aromatic carbocycles. The van der Waals surface area contributed by atoms with Gasteiger partial charge in [0.25, 0.3) is 5.91 Å². The number of quaternary nitrogens is 1. The van der Waals surface area contributed by atoms with Crippen LogP contribution in [0, 0.1) is 5.92 Å². The molecule has 1 unspecified atom stereocenters. The van der Waals surface area contributed by atoms with Gasteiger partial charge in [0.15, 0.2) is 0 Å². The fourth-order valence-electron chi connectivity index (χ4n) is 7.81. The van der Waals surface area contributed by atoms with Crippen molar-refractivity contribution in [2.75, 3.05) is 33.3 Å². The van der Waals surface area contributed by atoms with Gasteiger partial charge in [0.1, 0.15) is 17.9 Å². The van der Waals surface area contributed by atoms with Crippen LogP contribution in [0.3, 0.4) is 0 Å². The molecule has 1 aliphatic heterocycles. The number of aromatic hydroxyl groups is 1. The average molecular weight is 528 g/mol. The van der Waals surface area contributed by atoms with E-state index in [-0.39, 0.29) is 23.1 Å². The predicted molar refractivity (Wildman–Crippen MR) is 158 cm³/mol. The number of nitrogens with zero attached hydrogens (tertiary/aromatic N) is 1. The van der Waals surface area contributed by atoms with Crippen LogP contribution in [0.25, 0.3) is 10.8 Å². The summed E-state index contributed by atoms with van der Waals surface area (Å²) in [4.78, 5) is 13.5. The molecular formula is C34H43N2O3+. The van der Waals surface area contributed by atoms with Crippen LogP contribution in [-0.2, 0) is 10.2 Å². The Morgan fingerprint density at radius 3 is 2.64 bits per heavy atom. The fraction of sp³-hybridized carbons (Fsp3) is 0.441. The number of hydrogen-bond acceptors (Lipinski definition) is 3. The van der Waals surface area contributed by atoms with Crippen LogP contribution >= 0.6 is 0 Å². The molecule has 2 fully saturated rings. The molecule has 4 atom stereocenters. The summed E-state index contributed by atoms with van der Waals surface area (Å²) in [5.74, 6) is 0.799. The zero-order valence-corrected chi connectivity index (χ0v) is 23.7. The van der Waals surface area contributed by atoms with Crippen molar-refractivity contribution in [3.05, 3.63) is 90.5 Å². The van der Waals surface area contributed by atoms with E-state index < -0.39 is 5.60 Å². The highest BCUT2D eigenvalue weighted by atomic mass is 16.5. The molecule has 3 aromatic rings. The van der Waals surface area contributed by atoms with Crippen LogP contribution in [0.4, 0.5) is 0 Å². The highest BCUT2D eigenvalue weighted by Gasteiger charge is 2.63. The van der Waals surface area contributed by atoms with E-state index in [1.54, 1.807) is 6.07 Å². The highest BCUT2D eigenvalue weighted by molar-refractivity contribution is 5.98. The molecule has 0 bridgehead atoms. The summed E-state index contributed by atoms with van der Waals surface area (Å²) in [5, 5.41) is 16.1. The lowest BCUT2D eigenvalue weighted by Crippen LogP contribution is -2.73. The van der Waals surface area contributed by atoms with Gasteiger partial charge >= 0.3 is 0 Å². The van der Waals surface area contributed by atoms with Gasteiger partial charge in [-0.2, -0.15) is 0 Å². The Hall–Kier alpha value is -3.15. The molecule has 39 heavy (non-hydrogen) atoms. The van der Waals surface area contributed by atoms with E-state index in [0.717, 1.165) is 72.7 Å². The number of nitrogens with one attached hydrogen (secondary N) is 1. The molecule has 1 aliphatic carbocycles. The maximum Gasteiger partial charge on any atom is 0.251 e. The van der Waals surface area contributed by atoms with E-state index in [2.05, 4.69) is 44.0 Å². The minimum atomic E-state index is -0.402. The molecule has 1 heterocycles. The Morgan fingerprint density at radius 1 is 1.13 bits per heavy atom. The third kappa shape index (κ3) is 5.10. The molecule has 0 spiro atoms. The molecule has 5 nitrogen and oxygen atoms in total. The third-order valence-electron chi connectivity index (χ3n) is 9.37. The number of carbonyl (C=O) groups is 1. The smallest absolute Gasteiger partial charge is 0.251 e. The number of phenols is 1. The van der Waals surface area contributed by atoms with E-state index in [1.165, 1.54) is 0 Å². The topological polar surface area (TPSA) is 58.6 Å². The number of hydrogen-bond donors (Lipinski definition) is 2. The molecule has 206 valence electrons. The molecular weight excluding hydrogens is 484 g/mol. The van der Waals surface area contributed by atoms with Gasteiger partial charge in [0.05, 0.1) is 19.6 Å². The third-order valence-corrected chi connectivity index (χ3v) is 9.37. The number of carbonyl (C=O) groups excluding carboxylic acids is 1. The molecule has 2 aliphatic rings. The molecule has 5 rings (SSSR count). The van der Waals surface area contributed by atoms with Crippen molar-refractivity contribution in [2.45, 2.75) is 56.6 Å². The Kier molecular flexibility index (Phi) is 7.58. The van der Waals surface area contributed by atoms with E-state index in [1.807, 2.05) is 55.6 Å². The number of piperidine rings is 1. The summed E-state index contributed by atoms with van der Waals surface area (Å²) in [7, 11) is 1.86. The predicted octanol–water partition coefficient (Wildman–Crippen LogP) is 6.21. The lowest BCUT2D eigenvalue weighted by atomic mass is 9.54. The zero-order chi connectivity index (χ0) is 27.7. The SMILES string of the molecule is C=CC[N@@+]1(CC(C)C)CC[C@]2(c3cccc(O)c3)C[C@H](NC(=O)c3ccc4ccccc4c3)CCC2(OC)C1. The van der Waals surface area contributed by atoms with Crippen LogP contribution in [0.2, 0.25) is 0 Å². The van der Waals surface area contributed by atoms with Crippen LogP contribution in [-0.4, -0.2) is 60.4 Å². The first-order valence-electron chi connectivity index (χ1n) is 14.3. The minimum Gasteiger partial charge on any atom is -0.508 e. The normalized spacial score (nSPS) is 28.7. The lowest BCUT2D eigenvalue weighted by Gasteiger charge is -2.62. The van der Waals surface area contributed by atoms with Crippen LogP contribution in [0.15, 0.2) is 79.4 Å². The molecule has 5 heteroatoms. The van der Waals surface area contributed by atoms with Gasteiger partial charge < -0.3 is 19.6 Å². The van der Waals surface area contributed by atoms with Gasteiger partial charge in [0, 0.05) is 36.5 Å². The molecule has 1 saturated heterocycles. The Labute approximate surface area is 233 Å². The van der Waals surface area contributed by atoms with Crippen LogP contribution in [0.1, 0.15) is 55.5 Å². The van der Waals surface area contributed by atoms with Crippen molar-refractivity contribution >= 4 is 16.7 Å². The number of phenolic OH excluding ortho intramolecular Hbond substituents is 1. The second kappa shape index (κ2) is 10.8. The Morgan fingerprint density at radius 2 is 1.92 bits per heavy atom. The van der Waals surface area contributed by atoms with Crippen molar-refractivity contribution in [1.29, 1.82) is 0 Å². The number of methoxy groups -OCH3 is 1. The summed E-state index contributed by atoms with van der Waals surface area (Å²) in [6.45, 7) is 12.6. The number of ether oxygens (including phenoxy) is 1. The highest BCUT2D eigenvalue weighted by Crippen LogP contribution is 2.55. The van der Waals surface area contributed by atoms with Crippen LogP contribution < -0.4 is 5.32 Å². The van der Waals surface area contributed by atoms with Crippen molar-refractivity contribution in [3.8, 4) is 5.75 Å². The van der Waals surface area contributed by atoms with Gasteiger partial charge in [-0.1, -0.05) is 62.9 Å². The lowest BCUT2D eigenvalue weighted by molar-refractivity contribution is -0.938. The molecule has 1 saturated carbocycles. The zero-order valence-electron chi connectivity index (χ0n) is 23.7. The number of likely N-dealkylation sites (tertiary alicyclic amines) is 1. The summed E-state index contributed by atoms with van der Waals surface area (Å²) in [6, 6.07) is 21.8. The largest absolute Gasteiger partial charge is 0.508 e. The maximum absolute atomic E-state index is 13.5. The van der Waals surface area contributed by atoms with E-state index >= 15 is 0 Å². The van der Waals surface area contributed by atoms with E-state index in [4.69, 9.17) is 4.74 Å². The molecule has 1 amide bonds. The van der Waals surface area contributed by atoms with Gasteiger partial charge in [-0.15, -0.1) is 0 Å². The van der Waals surface area contributed by atoms with Crippen LogP contribution in [0.5, 0.6) is 5.75 Å². The summed E-state index contributed by atoms with van der Waals surface area (Å²) in [6.07, 6.45) is 5.45. The maximum atomic E-state index is 13.5. The summed E-state index contributed by atoms with van der Waals surface area (Å²) >= 11 is 0. The van der Waals surface area contributed by atoms with Crippen molar-refractivity contribution in [2.24, 2.45) is 5.92 Å².